The third-order valence-corrected chi connectivity index (χ3v) is 2.23. The van der Waals surface area contributed by atoms with E-state index in [4.69, 9.17) is 14.6 Å². The summed E-state index contributed by atoms with van der Waals surface area (Å²) in [6.45, 7) is 3.28. The first-order valence-corrected chi connectivity index (χ1v) is 5.45. The Labute approximate surface area is 105 Å². The van der Waals surface area contributed by atoms with E-state index in [1.54, 1.807) is 19.1 Å². The van der Waals surface area contributed by atoms with Crippen LogP contribution in [0.4, 0.5) is 0 Å². The molecule has 0 aliphatic heterocycles. The maximum Gasteiger partial charge on any atom is 0.312 e. The van der Waals surface area contributed by atoms with E-state index in [0.29, 0.717) is 11.4 Å². The highest BCUT2D eigenvalue weighted by Gasteiger charge is 2.14. The Balaban J connectivity index is 2.45. The molecule has 1 aromatic heterocycles. The van der Waals surface area contributed by atoms with E-state index in [2.05, 4.69) is 4.98 Å². The normalized spacial score (nSPS) is 11.7. The Hall–Kier alpha value is -2.11. The van der Waals surface area contributed by atoms with E-state index in [0.717, 1.165) is 0 Å². The van der Waals surface area contributed by atoms with Gasteiger partial charge in [0.25, 0.3) is 0 Å². The summed E-state index contributed by atoms with van der Waals surface area (Å²) in [6, 6.07) is 3.23. The molecule has 0 bridgehead atoms. The van der Waals surface area contributed by atoms with Crippen LogP contribution in [0.25, 0.3) is 0 Å². The van der Waals surface area contributed by atoms with E-state index in [1.807, 2.05) is 0 Å². The molecular formula is C12H15NO5. The minimum absolute atomic E-state index is 0.169. The molecule has 0 aliphatic rings. The van der Waals surface area contributed by atoms with Crippen LogP contribution in [0.3, 0.4) is 0 Å². The average molecular weight is 253 g/mol. The summed E-state index contributed by atoms with van der Waals surface area (Å²) in [7, 11) is 0. The van der Waals surface area contributed by atoms with Crippen molar-refractivity contribution in [3.8, 4) is 5.75 Å². The topological polar surface area (TPSA) is 85.7 Å². The molecule has 6 nitrogen and oxygen atoms in total. The Kier molecular flexibility index (Phi) is 5.10. The summed E-state index contributed by atoms with van der Waals surface area (Å²) >= 11 is 0. The second-order valence-electron chi connectivity index (χ2n) is 3.67. The molecule has 1 rings (SSSR count). The molecule has 0 saturated heterocycles. The quantitative estimate of drug-likeness (QED) is 0.605. The summed E-state index contributed by atoms with van der Waals surface area (Å²) in [6.07, 6.45) is 1.45. The van der Waals surface area contributed by atoms with Crippen LogP contribution in [-0.4, -0.2) is 35.2 Å². The number of nitrogens with zero attached hydrogens (tertiary/aromatic N) is 1. The summed E-state index contributed by atoms with van der Waals surface area (Å²) in [5, 5.41) is 8.81. The van der Waals surface area contributed by atoms with Gasteiger partial charge < -0.3 is 14.6 Å². The standard InChI is InChI=1S/C12H15NO5/c1-8(12(15)16)11-4-3-10(7-13-11)18-6-5-17-9(2)14/h3-4,7-8H,5-6H2,1-2H3,(H,15,16). The fraction of sp³-hybridized carbons (Fsp3) is 0.417. The highest BCUT2D eigenvalue weighted by molar-refractivity contribution is 5.74. The van der Waals surface area contributed by atoms with Gasteiger partial charge in [-0.25, -0.2) is 0 Å². The number of carboxylic acids is 1. The highest BCUT2D eigenvalue weighted by atomic mass is 16.6. The van der Waals surface area contributed by atoms with Crippen LogP contribution < -0.4 is 4.74 Å². The number of carboxylic acid groups (broad SMARTS) is 1. The predicted octanol–water partition coefficient (Wildman–Crippen LogP) is 1.21. The fourth-order valence-corrected chi connectivity index (χ4v) is 1.20. The van der Waals surface area contributed by atoms with E-state index in [9.17, 15) is 9.59 Å². The van der Waals surface area contributed by atoms with E-state index < -0.39 is 11.9 Å². The summed E-state index contributed by atoms with van der Waals surface area (Å²) < 4.78 is 9.96. The van der Waals surface area contributed by atoms with Gasteiger partial charge in [-0.3, -0.25) is 14.6 Å². The van der Waals surface area contributed by atoms with Crippen molar-refractivity contribution < 1.29 is 24.2 Å². The number of carbonyl (C=O) groups excluding carboxylic acids is 1. The number of hydrogen-bond acceptors (Lipinski definition) is 5. The minimum atomic E-state index is -0.925. The first kappa shape index (κ1) is 14.0. The smallest absolute Gasteiger partial charge is 0.312 e. The largest absolute Gasteiger partial charge is 0.488 e. The molecule has 0 spiro atoms. The van der Waals surface area contributed by atoms with Gasteiger partial charge in [0.1, 0.15) is 19.0 Å². The van der Waals surface area contributed by atoms with Crippen LogP contribution in [-0.2, 0) is 14.3 Å². The maximum absolute atomic E-state index is 10.7. The SMILES string of the molecule is CC(=O)OCCOc1ccc(C(C)C(=O)O)nc1. The number of esters is 1. The van der Waals surface area contributed by atoms with Crippen LogP contribution in [0, 0.1) is 0 Å². The molecule has 0 fully saturated rings. The van der Waals surface area contributed by atoms with Crippen LogP contribution in [0.2, 0.25) is 0 Å². The second-order valence-corrected chi connectivity index (χ2v) is 3.67. The molecule has 0 radical (unpaired) electrons. The number of ether oxygens (including phenoxy) is 2. The first-order valence-electron chi connectivity index (χ1n) is 5.45. The van der Waals surface area contributed by atoms with Gasteiger partial charge in [-0.1, -0.05) is 0 Å². The van der Waals surface area contributed by atoms with E-state index >= 15 is 0 Å². The average Bonchev–Trinajstić information content (AvgIpc) is 2.34. The van der Waals surface area contributed by atoms with Crippen LogP contribution in [0.15, 0.2) is 18.3 Å². The molecule has 1 atom stereocenters. The number of hydrogen-bond donors (Lipinski definition) is 1. The Morgan fingerprint density at radius 2 is 2.11 bits per heavy atom. The number of aromatic nitrogens is 1. The fourth-order valence-electron chi connectivity index (χ4n) is 1.20. The second kappa shape index (κ2) is 6.58. The number of carbonyl (C=O) groups is 2. The molecule has 18 heavy (non-hydrogen) atoms. The van der Waals surface area contributed by atoms with Gasteiger partial charge in [0.05, 0.1) is 17.8 Å². The van der Waals surface area contributed by atoms with Gasteiger partial charge in [-0.15, -0.1) is 0 Å². The third kappa shape index (κ3) is 4.40. The Morgan fingerprint density at radius 3 is 2.61 bits per heavy atom. The van der Waals surface area contributed by atoms with Crippen molar-refractivity contribution >= 4 is 11.9 Å². The molecule has 98 valence electrons. The van der Waals surface area contributed by atoms with Gasteiger partial charge in [-0.2, -0.15) is 0 Å². The van der Waals surface area contributed by atoms with E-state index in [-0.39, 0.29) is 19.2 Å². The molecule has 6 heteroatoms. The first-order chi connectivity index (χ1) is 8.50. The zero-order valence-electron chi connectivity index (χ0n) is 10.3. The Bertz CT molecular complexity index is 415. The molecule has 1 unspecified atom stereocenters. The van der Waals surface area contributed by atoms with Crippen molar-refractivity contribution in [1.82, 2.24) is 4.98 Å². The summed E-state index contributed by atoms with van der Waals surface area (Å²) in [5.41, 5.74) is 0.467. The molecule has 0 amide bonds. The van der Waals surface area contributed by atoms with Crippen molar-refractivity contribution in [1.29, 1.82) is 0 Å². The van der Waals surface area contributed by atoms with Gasteiger partial charge in [-0.05, 0) is 19.1 Å². The molecule has 0 aliphatic carbocycles. The van der Waals surface area contributed by atoms with Crippen LogP contribution >= 0.6 is 0 Å². The molecule has 0 aromatic carbocycles. The van der Waals surface area contributed by atoms with Gasteiger partial charge >= 0.3 is 11.9 Å². The van der Waals surface area contributed by atoms with Crippen LogP contribution in [0.1, 0.15) is 25.5 Å². The van der Waals surface area contributed by atoms with Gasteiger partial charge in [0.15, 0.2) is 0 Å². The highest BCUT2D eigenvalue weighted by Crippen LogP contribution is 2.16. The van der Waals surface area contributed by atoms with Crippen molar-refractivity contribution in [2.75, 3.05) is 13.2 Å². The van der Waals surface area contributed by atoms with Crippen molar-refractivity contribution in [2.24, 2.45) is 0 Å². The lowest BCUT2D eigenvalue weighted by Gasteiger charge is -2.08. The molecular weight excluding hydrogens is 238 g/mol. The summed E-state index contributed by atoms with van der Waals surface area (Å²) in [4.78, 5) is 25.2. The lowest BCUT2D eigenvalue weighted by atomic mass is 10.1. The lowest BCUT2D eigenvalue weighted by Crippen LogP contribution is -2.11. The lowest BCUT2D eigenvalue weighted by molar-refractivity contribution is -0.141. The van der Waals surface area contributed by atoms with Gasteiger partial charge in [0.2, 0.25) is 0 Å². The Morgan fingerprint density at radius 1 is 1.39 bits per heavy atom. The minimum Gasteiger partial charge on any atom is -0.488 e. The molecule has 1 heterocycles. The van der Waals surface area contributed by atoms with Gasteiger partial charge in [0, 0.05) is 6.92 Å². The predicted molar refractivity (Wildman–Crippen MR) is 62.4 cm³/mol. The number of pyridine rings is 1. The van der Waals surface area contributed by atoms with Crippen molar-refractivity contribution in [3.63, 3.8) is 0 Å². The number of rotatable bonds is 6. The molecule has 1 N–H and O–H groups in total. The monoisotopic (exact) mass is 253 g/mol. The maximum atomic E-state index is 10.7. The van der Waals surface area contributed by atoms with E-state index in [1.165, 1.54) is 13.1 Å². The van der Waals surface area contributed by atoms with Crippen LogP contribution in [0.5, 0.6) is 5.75 Å². The third-order valence-electron chi connectivity index (χ3n) is 2.23. The van der Waals surface area contributed by atoms with Crippen molar-refractivity contribution in [3.05, 3.63) is 24.0 Å². The van der Waals surface area contributed by atoms with Crippen molar-refractivity contribution in [2.45, 2.75) is 19.8 Å². The summed E-state index contributed by atoms with van der Waals surface area (Å²) in [5.74, 6) is -1.43. The molecule has 1 aromatic rings. The zero-order valence-corrected chi connectivity index (χ0v) is 10.3. The number of aliphatic carboxylic acids is 1. The molecule has 0 saturated carbocycles. The zero-order chi connectivity index (χ0) is 13.5.